The van der Waals surface area contributed by atoms with Crippen LogP contribution in [-0.4, -0.2) is 36.3 Å². The van der Waals surface area contributed by atoms with Gasteiger partial charge in [0.25, 0.3) is 5.91 Å². The molecule has 28 heavy (non-hydrogen) atoms. The van der Waals surface area contributed by atoms with Gasteiger partial charge < -0.3 is 10.2 Å². The number of carbonyl (C=O) groups excluding carboxylic acids is 2. The molecular weight excluding hydrogens is 355 g/mol. The highest BCUT2D eigenvalue weighted by Crippen LogP contribution is 2.21. The van der Waals surface area contributed by atoms with E-state index < -0.39 is 0 Å². The minimum absolute atomic E-state index is 0.0430. The van der Waals surface area contributed by atoms with Gasteiger partial charge in [0.15, 0.2) is 0 Å². The fourth-order valence-corrected chi connectivity index (χ4v) is 3.57. The van der Waals surface area contributed by atoms with E-state index >= 15 is 0 Å². The largest absolute Gasteiger partial charge is 0.356 e. The highest BCUT2D eigenvalue weighted by atomic mass is 19.1. The molecular formula is C23H27FN2O2. The number of nitrogens with zero attached hydrogens (tertiary/aromatic N) is 1. The molecule has 1 N–H and O–H groups in total. The highest BCUT2D eigenvalue weighted by Gasteiger charge is 2.23. The maximum absolute atomic E-state index is 12.9. The van der Waals surface area contributed by atoms with Crippen molar-refractivity contribution in [1.29, 1.82) is 0 Å². The summed E-state index contributed by atoms with van der Waals surface area (Å²) in [6.45, 7) is 4.18. The summed E-state index contributed by atoms with van der Waals surface area (Å²) in [4.78, 5) is 26.5. The van der Waals surface area contributed by atoms with Crippen molar-refractivity contribution in [3.63, 3.8) is 0 Å². The number of rotatable bonds is 6. The lowest BCUT2D eigenvalue weighted by Gasteiger charge is -2.32. The molecule has 0 bridgehead atoms. The minimum atomic E-state index is -0.295. The quantitative estimate of drug-likeness (QED) is 0.828. The Labute approximate surface area is 165 Å². The van der Waals surface area contributed by atoms with Crippen LogP contribution in [0.1, 0.15) is 40.7 Å². The Hall–Kier alpha value is -2.69. The lowest BCUT2D eigenvalue weighted by molar-refractivity contribution is -0.120. The molecule has 3 rings (SSSR count). The van der Waals surface area contributed by atoms with Crippen LogP contribution in [-0.2, 0) is 11.2 Å². The van der Waals surface area contributed by atoms with E-state index in [9.17, 15) is 14.0 Å². The second-order valence-corrected chi connectivity index (χ2v) is 7.54. The van der Waals surface area contributed by atoms with Gasteiger partial charge in [0.1, 0.15) is 5.82 Å². The van der Waals surface area contributed by atoms with Crippen LogP contribution in [0.25, 0.3) is 0 Å². The van der Waals surface area contributed by atoms with Gasteiger partial charge in [-0.25, -0.2) is 4.39 Å². The smallest absolute Gasteiger partial charge is 0.253 e. The van der Waals surface area contributed by atoms with Crippen LogP contribution in [0.4, 0.5) is 4.39 Å². The van der Waals surface area contributed by atoms with Gasteiger partial charge in [-0.3, -0.25) is 9.59 Å². The van der Waals surface area contributed by atoms with Gasteiger partial charge in [0.05, 0.1) is 6.42 Å². The number of hydrogen-bond donors (Lipinski definition) is 1. The van der Waals surface area contributed by atoms with Crippen molar-refractivity contribution in [2.24, 2.45) is 5.92 Å². The first-order valence-corrected chi connectivity index (χ1v) is 9.88. The van der Waals surface area contributed by atoms with Gasteiger partial charge in [-0.2, -0.15) is 0 Å². The summed E-state index contributed by atoms with van der Waals surface area (Å²) in [6.07, 6.45) is 3.11. The lowest BCUT2D eigenvalue weighted by atomic mass is 9.93. The third-order valence-corrected chi connectivity index (χ3v) is 5.35. The Bertz CT molecular complexity index is 794. The molecule has 1 aliphatic rings. The number of halogens is 1. The van der Waals surface area contributed by atoms with Crippen molar-refractivity contribution in [2.45, 2.75) is 32.6 Å². The van der Waals surface area contributed by atoms with Gasteiger partial charge in [0.2, 0.25) is 5.91 Å². The van der Waals surface area contributed by atoms with Crippen LogP contribution in [0, 0.1) is 18.7 Å². The third-order valence-electron chi connectivity index (χ3n) is 5.35. The van der Waals surface area contributed by atoms with Crippen LogP contribution in [0.3, 0.4) is 0 Å². The molecule has 0 aliphatic carbocycles. The predicted octanol–water partition coefficient (Wildman–Crippen LogP) is 3.74. The molecule has 0 unspecified atom stereocenters. The molecule has 0 radical (unpaired) electrons. The maximum atomic E-state index is 12.9. The molecule has 1 aliphatic heterocycles. The van der Waals surface area contributed by atoms with E-state index in [1.165, 1.54) is 12.1 Å². The van der Waals surface area contributed by atoms with E-state index in [1.807, 2.05) is 36.1 Å². The van der Waals surface area contributed by atoms with Crippen molar-refractivity contribution in [2.75, 3.05) is 19.6 Å². The Kier molecular flexibility index (Phi) is 6.80. The molecule has 2 amide bonds. The van der Waals surface area contributed by atoms with E-state index in [-0.39, 0.29) is 24.1 Å². The molecule has 4 nitrogen and oxygen atoms in total. The molecule has 5 heteroatoms. The number of likely N-dealkylation sites (tertiary alicyclic amines) is 1. The van der Waals surface area contributed by atoms with Gasteiger partial charge in [-0.1, -0.05) is 29.8 Å². The molecule has 2 aromatic rings. The number of hydrogen-bond acceptors (Lipinski definition) is 2. The number of aryl methyl sites for hydroxylation is 1. The van der Waals surface area contributed by atoms with Crippen LogP contribution >= 0.6 is 0 Å². The Morgan fingerprint density at radius 2 is 1.68 bits per heavy atom. The SMILES string of the molecule is Cc1ccc(C(=O)N2CCC(CCNC(=O)Cc3ccc(F)cc3)CC2)cc1. The average Bonchev–Trinajstić information content (AvgIpc) is 2.70. The van der Waals surface area contributed by atoms with Crippen molar-refractivity contribution in [3.8, 4) is 0 Å². The molecule has 148 valence electrons. The first-order valence-electron chi connectivity index (χ1n) is 9.88. The second-order valence-electron chi connectivity index (χ2n) is 7.54. The number of carbonyl (C=O) groups is 2. The monoisotopic (exact) mass is 382 g/mol. The van der Waals surface area contributed by atoms with Gasteiger partial charge in [0, 0.05) is 25.2 Å². The van der Waals surface area contributed by atoms with Gasteiger partial charge in [-0.05, 0) is 61.9 Å². The zero-order valence-electron chi connectivity index (χ0n) is 16.3. The minimum Gasteiger partial charge on any atom is -0.356 e. The first-order chi connectivity index (χ1) is 13.5. The summed E-state index contributed by atoms with van der Waals surface area (Å²) in [5, 5.41) is 2.94. The molecule has 0 spiro atoms. The Morgan fingerprint density at radius 1 is 1.04 bits per heavy atom. The Morgan fingerprint density at radius 3 is 2.32 bits per heavy atom. The molecule has 1 fully saturated rings. The summed E-state index contributed by atoms with van der Waals surface area (Å²) in [5.74, 6) is 0.286. The maximum Gasteiger partial charge on any atom is 0.253 e. The molecule has 1 saturated heterocycles. The van der Waals surface area contributed by atoms with E-state index in [1.54, 1.807) is 12.1 Å². The van der Waals surface area contributed by atoms with Crippen molar-refractivity contribution >= 4 is 11.8 Å². The predicted molar refractivity (Wildman–Crippen MR) is 108 cm³/mol. The van der Waals surface area contributed by atoms with Crippen LogP contribution in [0.2, 0.25) is 0 Å². The van der Waals surface area contributed by atoms with E-state index in [0.717, 1.165) is 49.0 Å². The van der Waals surface area contributed by atoms with Gasteiger partial charge >= 0.3 is 0 Å². The zero-order valence-corrected chi connectivity index (χ0v) is 16.3. The van der Waals surface area contributed by atoms with E-state index in [4.69, 9.17) is 0 Å². The average molecular weight is 382 g/mol. The zero-order chi connectivity index (χ0) is 19.9. The summed E-state index contributed by atoms with van der Waals surface area (Å²) < 4.78 is 12.9. The number of amides is 2. The molecule has 0 aromatic heterocycles. The van der Waals surface area contributed by atoms with Crippen LogP contribution < -0.4 is 5.32 Å². The highest BCUT2D eigenvalue weighted by molar-refractivity contribution is 5.94. The standard InChI is InChI=1S/C23H27FN2O2/c1-17-2-6-20(7-3-17)23(28)26-14-11-18(12-15-26)10-13-25-22(27)16-19-4-8-21(24)9-5-19/h2-9,18H,10-16H2,1H3,(H,25,27). The number of nitrogens with one attached hydrogen (secondary N) is 1. The van der Waals surface area contributed by atoms with Crippen molar-refractivity contribution in [3.05, 3.63) is 71.0 Å². The van der Waals surface area contributed by atoms with Crippen molar-refractivity contribution < 1.29 is 14.0 Å². The fraction of sp³-hybridized carbons (Fsp3) is 0.391. The second kappa shape index (κ2) is 9.49. The van der Waals surface area contributed by atoms with E-state index in [0.29, 0.717) is 12.5 Å². The fourth-order valence-electron chi connectivity index (χ4n) is 3.57. The van der Waals surface area contributed by atoms with Crippen molar-refractivity contribution in [1.82, 2.24) is 10.2 Å². The van der Waals surface area contributed by atoms with Crippen LogP contribution in [0.5, 0.6) is 0 Å². The Balaban J connectivity index is 1.36. The molecule has 0 atom stereocenters. The molecule has 2 aromatic carbocycles. The normalized spacial score (nSPS) is 14.7. The first kappa shape index (κ1) is 20.1. The van der Waals surface area contributed by atoms with Crippen LogP contribution in [0.15, 0.2) is 48.5 Å². The summed E-state index contributed by atoms with van der Waals surface area (Å²) >= 11 is 0. The summed E-state index contributed by atoms with van der Waals surface area (Å²) in [6, 6.07) is 13.7. The third kappa shape index (κ3) is 5.65. The van der Waals surface area contributed by atoms with E-state index in [2.05, 4.69) is 5.32 Å². The summed E-state index contributed by atoms with van der Waals surface area (Å²) in [5.41, 5.74) is 2.70. The van der Waals surface area contributed by atoms with Gasteiger partial charge in [-0.15, -0.1) is 0 Å². The molecule has 1 heterocycles. The number of piperidine rings is 1. The number of benzene rings is 2. The summed E-state index contributed by atoms with van der Waals surface area (Å²) in [7, 11) is 0. The lowest BCUT2D eigenvalue weighted by Crippen LogP contribution is -2.39. The topological polar surface area (TPSA) is 49.4 Å². The molecule has 0 saturated carbocycles.